The van der Waals surface area contributed by atoms with Crippen LogP contribution in [0.1, 0.15) is 0 Å². The molecule has 0 fully saturated rings. The van der Waals surface area contributed by atoms with Crippen LogP contribution in [-0.4, -0.2) is 4.57 Å². The Bertz CT molecular complexity index is 3830. The second-order valence-corrected chi connectivity index (χ2v) is 16.4. The summed E-state index contributed by atoms with van der Waals surface area (Å²) >= 11 is 1.86. The van der Waals surface area contributed by atoms with E-state index < -0.39 is 0 Å². The van der Waals surface area contributed by atoms with E-state index in [1.54, 1.807) is 0 Å². The molecule has 58 heavy (non-hydrogen) atoms. The average molecular weight is 757 g/mol. The number of benzene rings is 10. The maximum atomic E-state index is 6.26. The summed E-state index contributed by atoms with van der Waals surface area (Å²) in [6, 6.07) is 71.1. The van der Waals surface area contributed by atoms with Crippen molar-refractivity contribution in [3.63, 3.8) is 0 Å². The van der Waals surface area contributed by atoms with Gasteiger partial charge in [0.25, 0.3) is 0 Å². The standard InChI is InChI=1S/C54H32N2OS/c1-2-10-39-33(9-1)18-25-41-40(39)24-19-34-17-20-35(29-46(34)41)55(36-23-28-54-48(31-36)45-13-5-8-16-53(45)58-54)38-21-26-43-42-11-3-6-14-49(42)56(50(43)32-38)37-22-27-52-47(30-37)44-12-4-7-15-51(44)57-52/h1-32H. The van der Waals surface area contributed by atoms with E-state index in [9.17, 15) is 0 Å². The van der Waals surface area contributed by atoms with Gasteiger partial charge < -0.3 is 13.9 Å². The molecule has 13 aromatic rings. The Morgan fingerprint density at radius 1 is 0.345 bits per heavy atom. The molecule has 0 atom stereocenters. The van der Waals surface area contributed by atoms with E-state index in [-0.39, 0.29) is 0 Å². The van der Waals surface area contributed by atoms with Crippen molar-refractivity contribution >= 4 is 125 Å². The lowest BCUT2D eigenvalue weighted by Crippen LogP contribution is -2.10. The van der Waals surface area contributed by atoms with Gasteiger partial charge in [0, 0.05) is 64.5 Å². The van der Waals surface area contributed by atoms with Crippen molar-refractivity contribution in [2.75, 3.05) is 4.90 Å². The maximum Gasteiger partial charge on any atom is 0.135 e. The molecule has 0 unspecified atom stereocenters. The van der Waals surface area contributed by atoms with Crippen molar-refractivity contribution in [3.05, 3.63) is 194 Å². The molecular weight excluding hydrogens is 725 g/mol. The topological polar surface area (TPSA) is 21.3 Å². The lowest BCUT2D eigenvalue weighted by atomic mass is 9.96. The van der Waals surface area contributed by atoms with E-state index >= 15 is 0 Å². The van der Waals surface area contributed by atoms with Gasteiger partial charge in [0.05, 0.1) is 11.0 Å². The molecule has 3 heterocycles. The number of anilines is 3. The molecule has 3 aromatic heterocycles. The van der Waals surface area contributed by atoms with Crippen LogP contribution in [0.5, 0.6) is 0 Å². The summed E-state index contributed by atoms with van der Waals surface area (Å²) in [6.45, 7) is 0. The number of hydrogen-bond acceptors (Lipinski definition) is 3. The molecule has 0 saturated heterocycles. The number of furan rings is 1. The molecule has 0 saturated carbocycles. The van der Waals surface area contributed by atoms with Crippen LogP contribution < -0.4 is 4.90 Å². The lowest BCUT2D eigenvalue weighted by molar-refractivity contribution is 0.669. The third-order valence-corrected chi connectivity index (χ3v) is 13.3. The number of para-hydroxylation sites is 2. The molecule has 0 aliphatic carbocycles. The molecule has 0 spiro atoms. The molecule has 0 aliphatic heterocycles. The van der Waals surface area contributed by atoms with Crippen LogP contribution in [0.4, 0.5) is 17.1 Å². The first-order valence-corrected chi connectivity index (χ1v) is 20.6. The van der Waals surface area contributed by atoms with E-state index in [0.29, 0.717) is 0 Å². The van der Waals surface area contributed by atoms with Crippen molar-refractivity contribution < 1.29 is 4.42 Å². The minimum absolute atomic E-state index is 0.894. The van der Waals surface area contributed by atoms with Gasteiger partial charge in [-0.05, 0) is 111 Å². The summed E-state index contributed by atoms with van der Waals surface area (Å²) in [5, 5.41) is 14.8. The Labute approximate surface area is 336 Å². The summed E-state index contributed by atoms with van der Waals surface area (Å²) < 4.78 is 11.3. The van der Waals surface area contributed by atoms with Crippen molar-refractivity contribution in [2.24, 2.45) is 0 Å². The fourth-order valence-corrected chi connectivity index (χ4v) is 10.6. The Kier molecular flexibility index (Phi) is 6.60. The normalized spacial score (nSPS) is 12.1. The second-order valence-electron chi connectivity index (χ2n) is 15.3. The monoisotopic (exact) mass is 756 g/mol. The van der Waals surface area contributed by atoms with Crippen molar-refractivity contribution in [1.82, 2.24) is 4.57 Å². The van der Waals surface area contributed by atoms with Crippen LogP contribution in [0.3, 0.4) is 0 Å². The van der Waals surface area contributed by atoms with Crippen LogP contribution in [-0.2, 0) is 0 Å². The number of aromatic nitrogens is 1. The molecule has 0 bridgehead atoms. The Balaban J connectivity index is 1.08. The minimum atomic E-state index is 0.894. The predicted molar refractivity (Wildman–Crippen MR) is 248 cm³/mol. The fourth-order valence-electron chi connectivity index (χ4n) is 9.47. The maximum absolute atomic E-state index is 6.26. The third-order valence-electron chi connectivity index (χ3n) is 12.1. The minimum Gasteiger partial charge on any atom is -0.456 e. The summed E-state index contributed by atoms with van der Waals surface area (Å²) in [6.07, 6.45) is 0. The van der Waals surface area contributed by atoms with Crippen molar-refractivity contribution in [3.8, 4) is 5.69 Å². The molecular formula is C54H32N2OS. The molecule has 3 nitrogen and oxygen atoms in total. The smallest absolute Gasteiger partial charge is 0.135 e. The lowest BCUT2D eigenvalue weighted by Gasteiger charge is -2.26. The number of thiophene rings is 1. The fraction of sp³-hybridized carbons (Fsp3) is 0. The van der Waals surface area contributed by atoms with Crippen LogP contribution in [0, 0.1) is 0 Å². The Morgan fingerprint density at radius 2 is 0.931 bits per heavy atom. The molecule has 0 amide bonds. The number of rotatable bonds is 4. The van der Waals surface area contributed by atoms with E-state index in [2.05, 4.69) is 191 Å². The van der Waals surface area contributed by atoms with Gasteiger partial charge in [0.2, 0.25) is 0 Å². The first-order valence-electron chi connectivity index (χ1n) is 19.7. The first kappa shape index (κ1) is 31.8. The van der Waals surface area contributed by atoms with Gasteiger partial charge in [-0.3, -0.25) is 0 Å². The van der Waals surface area contributed by atoms with Crippen molar-refractivity contribution in [2.45, 2.75) is 0 Å². The first-order chi connectivity index (χ1) is 28.7. The Morgan fingerprint density at radius 3 is 1.83 bits per heavy atom. The SMILES string of the molecule is c1ccc2c(c1)ccc1c3cc(N(c4ccc5sc6ccccc6c5c4)c4ccc5c6ccccc6n(-c6ccc7oc8ccccc8c7c6)c5c4)ccc3ccc21. The molecule has 0 N–H and O–H groups in total. The van der Waals surface area contributed by atoms with E-state index in [1.807, 2.05) is 23.5 Å². The highest BCUT2D eigenvalue weighted by molar-refractivity contribution is 7.25. The van der Waals surface area contributed by atoms with Gasteiger partial charge in [-0.1, -0.05) is 115 Å². The average Bonchev–Trinajstić information content (AvgIpc) is 3.95. The zero-order chi connectivity index (χ0) is 37.9. The molecule has 0 aliphatic rings. The van der Waals surface area contributed by atoms with E-state index in [4.69, 9.17) is 4.42 Å². The van der Waals surface area contributed by atoms with Crippen LogP contribution in [0.15, 0.2) is 199 Å². The summed E-state index contributed by atoms with van der Waals surface area (Å²) in [5.74, 6) is 0. The van der Waals surface area contributed by atoms with E-state index in [0.717, 1.165) is 50.2 Å². The third kappa shape index (κ3) is 4.61. The Hall–Kier alpha value is -7.40. The zero-order valence-electron chi connectivity index (χ0n) is 31.2. The van der Waals surface area contributed by atoms with Gasteiger partial charge in [-0.15, -0.1) is 11.3 Å². The molecule has 0 radical (unpaired) electrons. The predicted octanol–water partition coefficient (Wildman–Crippen LogP) is 16.0. The van der Waals surface area contributed by atoms with Crippen LogP contribution in [0.2, 0.25) is 0 Å². The van der Waals surface area contributed by atoms with Crippen LogP contribution in [0.25, 0.3) is 102 Å². The molecule has 270 valence electrons. The van der Waals surface area contributed by atoms with E-state index in [1.165, 1.54) is 68.8 Å². The molecule has 4 heteroatoms. The highest BCUT2D eigenvalue weighted by Gasteiger charge is 2.20. The second kappa shape index (κ2) is 12.1. The molecule has 10 aromatic carbocycles. The summed E-state index contributed by atoms with van der Waals surface area (Å²) in [5.41, 5.74) is 8.54. The van der Waals surface area contributed by atoms with Crippen molar-refractivity contribution in [1.29, 1.82) is 0 Å². The quantitative estimate of drug-likeness (QED) is 0.167. The number of fused-ring (bicyclic) bond motifs is 14. The van der Waals surface area contributed by atoms with Gasteiger partial charge in [-0.25, -0.2) is 0 Å². The van der Waals surface area contributed by atoms with Crippen LogP contribution >= 0.6 is 11.3 Å². The zero-order valence-corrected chi connectivity index (χ0v) is 32.0. The molecule has 13 rings (SSSR count). The highest BCUT2D eigenvalue weighted by atomic mass is 32.1. The van der Waals surface area contributed by atoms with Gasteiger partial charge in [-0.2, -0.15) is 0 Å². The van der Waals surface area contributed by atoms with Gasteiger partial charge in [0.15, 0.2) is 0 Å². The number of nitrogens with zero attached hydrogens (tertiary/aromatic N) is 2. The highest BCUT2D eigenvalue weighted by Crippen LogP contribution is 2.44. The summed E-state index contributed by atoms with van der Waals surface area (Å²) in [7, 11) is 0. The number of hydrogen-bond donors (Lipinski definition) is 0. The summed E-state index contributed by atoms with van der Waals surface area (Å²) in [4.78, 5) is 2.44. The van der Waals surface area contributed by atoms with Gasteiger partial charge >= 0.3 is 0 Å². The largest absolute Gasteiger partial charge is 0.456 e. The van der Waals surface area contributed by atoms with Gasteiger partial charge in [0.1, 0.15) is 11.2 Å².